The van der Waals surface area contributed by atoms with Crippen LogP contribution < -0.4 is 5.32 Å². The molecule has 0 aliphatic rings. The van der Waals surface area contributed by atoms with E-state index in [0.717, 1.165) is 5.39 Å². The zero-order chi connectivity index (χ0) is 18.5. The van der Waals surface area contributed by atoms with Gasteiger partial charge in [0.2, 0.25) is 0 Å². The fourth-order valence-corrected chi connectivity index (χ4v) is 2.65. The third kappa shape index (κ3) is 3.68. The maximum atomic E-state index is 12.4. The summed E-state index contributed by atoms with van der Waals surface area (Å²) in [6, 6.07) is 18.2. The number of para-hydroxylation sites is 1. The molecule has 0 aliphatic heterocycles. The number of carbonyl (C=O) groups is 2. The number of aliphatic carboxylic acids is 1. The lowest BCUT2D eigenvalue weighted by molar-refractivity contribution is -0.139. The molecule has 0 saturated carbocycles. The summed E-state index contributed by atoms with van der Waals surface area (Å²) in [5.41, 5.74) is 1.75. The first-order valence-corrected chi connectivity index (χ1v) is 7.96. The summed E-state index contributed by atoms with van der Waals surface area (Å²) < 4.78 is 0. The number of amides is 1. The molecule has 3 aromatic rings. The Bertz CT molecular complexity index is 1020. The van der Waals surface area contributed by atoms with E-state index >= 15 is 0 Å². The molecule has 0 radical (unpaired) electrons. The number of nitriles is 1. The van der Waals surface area contributed by atoms with E-state index in [0.29, 0.717) is 16.6 Å². The fraction of sp³-hybridized carbons (Fsp3) is 0.100. The van der Waals surface area contributed by atoms with E-state index in [4.69, 9.17) is 5.26 Å². The second-order valence-electron chi connectivity index (χ2n) is 5.73. The van der Waals surface area contributed by atoms with E-state index in [2.05, 4.69) is 10.3 Å². The predicted octanol–water partition coefficient (Wildman–Crippen LogP) is 2.53. The lowest BCUT2D eigenvalue weighted by atomic mass is 10.0. The van der Waals surface area contributed by atoms with E-state index in [9.17, 15) is 14.7 Å². The first-order valence-electron chi connectivity index (χ1n) is 7.96. The Kier molecular flexibility index (Phi) is 4.90. The molecule has 0 bridgehead atoms. The van der Waals surface area contributed by atoms with Gasteiger partial charge >= 0.3 is 5.97 Å². The summed E-state index contributed by atoms with van der Waals surface area (Å²) in [6.07, 6.45) is 0.0123. The van der Waals surface area contributed by atoms with Crippen molar-refractivity contribution < 1.29 is 14.7 Å². The number of hydrogen-bond donors (Lipinski definition) is 2. The SMILES string of the molecule is N#Cc1ccccc1C[C@@H](NC(=O)c1ccc2ccccc2n1)C(=O)O. The lowest BCUT2D eigenvalue weighted by Gasteiger charge is -2.15. The van der Waals surface area contributed by atoms with Gasteiger partial charge in [0.15, 0.2) is 0 Å². The number of fused-ring (bicyclic) bond motifs is 1. The van der Waals surface area contributed by atoms with E-state index < -0.39 is 17.9 Å². The molecule has 2 N–H and O–H groups in total. The maximum Gasteiger partial charge on any atom is 0.326 e. The largest absolute Gasteiger partial charge is 0.480 e. The van der Waals surface area contributed by atoms with Crippen molar-refractivity contribution in [2.45, 2.75) is 12.5 Å². The molecular weight excluding hydrogens is 330 g/mol. The number of nitrogens with one attached hydrogen (secondary N) is 1. The Morgan fingerprint density at radius 3 is 2.58 bits per heavy atom. The van der Waals surface area contributed by atoms with Crippen LogP contribution in [0.25, 0.3) is 10.9 Å². The van der Waals surface area contributed by atoms with Crippen LogP contribution in [0.5, 0.6) is 0 Å². The topological polar surface area (TPSA) is 103 Å². The van der Waals surface area contributed by atoms with Gasteiger partial charge in [0, 0.05) is 11.8 Å². The average molecular weight is 345 g/mol. The van der Waals surface area contributed by atoms with Crippen LogP contribution in [0.15, 0.2) is 60.7 Å². The van der Waals surface area contributed by atoms with Gasteiger partial charge < -0.3 is 10.4 Å². The zero-order valence-corrected chi connectivity index (χ0v) is 13.7. The molecule has 1 amide bonds. The molecule has 1 atom stereocenters. The monoisotopic (exact) mass is 345 g/mol. The number of aromatic nitrogens is 1. The molecule has 26 heavy (non-hydrogen) atoms. The molecular formula is C20H15N3O3. The van der Waals surface area contributed by atoms with Gasteiger partial charge in [-0.15, -0.1) is 0 Å². The van der Waals surface area contributed by atoms with Gasteiger partial charge in [0.1, 0.15) is 11.7 Å². The van der Waals surface area contributed by atoms with Crippen LogP contribution in [-0.4, -0.2) is 28.0 Å². The second-order valence-corrected chi connectivity index (χ2v) is 5.73. The minimum absolute atomic E-state index is 0.0123. The zero-order valence-electron chi connectivity index (χ0n) is 13.7. The second kappa shape index (κ2) is 7.45. The van der Waals surface area contributed by atoms with Crippen molar-refractivity contribution >= 4 is 22.8 Å². The highest BCUT2D eigenvalue weighted by molar-refractivity contribution is 5.97. The maximum absolute atomic E-state index is 12.4. The fourth-order valence-electron chi connectivity index (χ4n) is 2.65. The number of hydrogen-bond acceptors (Lipinski definition) is 4. The van der Waals surface area contributed by atoms with Gasteiger partial charge in [-0.3, -0.25) is 4.79 Å². The summed E-state index contributed by atoms with van der Waals surface area (Å²) in [5.74, 6) is -1.75. The average Bonchev–Trinajstić information content (AvgIpc) is 2.67. The standard InChI is InChI=1S/C20H15N3O3/c21-12-15-7-2-1-6-14(15)11-18(20(25)26)23-19(24)17-10-9-13-5-3-4-8-16(13)22-17/h1-10,18H,11H2,(H,23,24)(H,25,26)/t18-/m1/s1. The van der Waals surface area contributed by atoms with Crippen LogP contribution in [0, 0.1) is 11.3 Å². The summed E-state index contributed by atoms with van der Waals surface area (Å²) >= 11 is 0. The summed E-state index contributed by atoms with van der Waals surface area (Å²) in [7, 11) is 0. The van der Waals surface area contributed by atoms with Crippen molar-refractivity contribution in [3.8, 4) is 6.07 Å². The first-order chi connectivity index (χ1) is 12.6. The number of rotatable bonds is 5. The quantitative estimate of drug-likeness (QED) is 0.739. The van der Waals surface area contributed by atoms with E-state index in [1.54, 1.807) is 42.5 Å². The van der Waals surface area contributed by atoms with Gasteiger partial charge in [-0.1, -0.05) is 42.5 Å². The molecule has 0 aliphatic carbocycles. The predicted molar refractivity (Wildman–Crippen MR) is 95.5 cm³/mol. The number of nitrogens with zero attached hydrogens (tertiary/aromatic N) is 2. The minimum Gasteiger partial charge on any atom is -0.480 e. The van der Waals surface area contributed by atoms with Gasteiger partial charge in [0.05, 0.1) is 17.1 Å². The molecule has 0 unspecified atom stereocenters. The highest BCUT2D eigenvalue weighted by Crippen LogP contribution is 2.13. The van der Waals surface area contributed by atoms with Crippen LogP contribution in [0.4, 0.5) is 0 Å². The minimum atomic E-state index is -1.17. The Labute approximate surface area is 149 Å². The van der Waals surface area contributed by atoms with Crippen LogP contribution in [0.1, 0.15) is 21.6 Å². The van der Waals surface area contributed by atoms with Gasteiger partial charge in [-0.25, -0.2) is 9.78 Å². The van der Waals surface area contributed by atoms with Gasteiger partial charge in [-0.2, -0.15) is 5.26 Å². The highest BCUT2D eigenvalue weighted by Gasteiger charge is 2.23. The van der Waals surface area contributed by atoms with Crippen LogP contribution in [-0.2, 0) is 11.2 Å². The summed E-state index contributed by atoms with van der Waals surface area (Å²) in [5, 5.41) is 22.0. The normalized spacial score (nSPS) is 11.5. The molecule has 3 rings (SSSR count). The summed E-state index contributed by atoms with van der Waals surface area (Å²) in [6.45, 7) is 0. The van der Waals surface area contributed by atoms with Crippen molar-refractivity contribution in [2.24, 2.45) is 0 Å². The number of carbonyl (C=O) groups excluding carboxylic acids is 1. The Morgan fingerprint density at radius 1 is 1.08 bits per heavy atom. The van der Waals surface area contributed by atoms with Crippen LogP contribution in [0.3, 0.4) is 0 Å². The van der Waals surface area contributed by atoms with E-state index in [1.807, 2.05) is 24.3 Å². The smallest absolute Gasteiger partial charge is 0.326 e. The molecule has 1 heterocycles. The molecule has 1 aromatic heterocycles. The summed E-state index contributed by atoms with van der Waals surface area (Å²) in [4.78, 5) is 28.3. The first kappa shape index (κ1) is 17.1. The lowest BCUT2D eigenvalue weighted by Crippen LogP contribution is -2.42. The number of pyridine rings is 1. The Balaban J connectivity index is 1.82. The van der Waals surface area contributed by atoms with Gasteiger partial charge in [-0.05, 0) is 23.8 Å². The van der Waals surface area contributed by atoms with Crippen molar-refractivity contribution in [1.82, 2.24) is 10.3 Å². The highest BCUT2D eigenvalue weighted by atomic mass is 16.4. The van der Waals surface area contributed by atoms with Crippen molar-refractivity contribution in [3.63, 3.8) is 0 Å². The molecule has 128 valence electrons. The van der Waals surface area contributed by atoms with Crippen LogP contribution >= 0.6 is 0 Å². The number of carboxylic acid groups (broad SMARTS) is 1. The van der Waals surface area contributed by atoms with Gasteiger partial charge in [0.25, 0.3) is 5.91 Å². The molecule has 6 heteroatoms. The van der Waals surface area contributed by atoms with Crippen molar-refractivity contribution in [1.29, 1.82) is 5.26 Å². The van der Waals surface area contributed by atoms with Crippen molar-refractivity contribution in [3.05, 3.63) is 77.5 Å². The molecule has 2 aromatic carbocycles. The third-order valence-corrected chi connectivity index (χ3v) is 4.00. The third-order valence-electron chi connectivity index (χ3n) is 4.00. The molecule has 6 nitrogen and oxygen atoms in total. The number of benzene rings is 2. The number of carboxylic acids is 1. The van der Waals surface area contributed by atoms with Crippen molar-refractivity contribution in [2.75, 3.05) is 0 Å². The van der Waals surface area contributed by atoms with E-state index in [-0.39, 0.29) is 12.1 Å². The molecule has 0 fully saturated rings. The Morgan fingerprint density at radius 2 is 1.81 bits per heavy atom. The van der Waals surface area contributed by atoms with E-state index in [1.165, 1.54) is 0 Å². The molecule has 0 spiro atoms. The molecule has 0 saturated heterocycles. The Hall–Kier alpha value is -3.72. The van der Waals surface area contributed by atoms with Crippen LogP contribution in [0.2, 0.25) is 0 Å².